The van der Waals surface area contributed by atoms with Crippen LogP contribution in [-0.4, -0.2) is 23.7 Å². The number of ether oxygens (including phenoxy) is 2. The third-order valence-corrected chi connectivity index (χ3v) is 5.54. The molecule has 0 saturated heterocycles. The highest BCUT2D eigenvalue weighted by Gasteiger charge is 2.10. The molecule has 0 aliphatic heterocycles. The van der Waals surface area contributed by atoms with E-state index in [1.54, 1.807) is 48.5 Å². The highest BCUT2D eigenvalue weighted by atomic mass is 79.9. The number of hydrogen-bond donors (Lipinski definition) is 1. The normalized spacial score (nSPS) is 10.8. The molecule has 3 aromatic carbocycles. The van der Waals surface area contributed by atoms with Crippen molar-refractivity contribution in [3.8, 4) is 11.5 Å². The lowest BCUT2D eigenvalue weighted by Crippen LogP contribution is -2.17. The molecule has 170 valence electrons. The van der Waals surface area contributed by atoms with E-state index in [0.29, 0.717) is 32.6 Å². The Hall–Kier alpha value is -3.24. The molecule has 0 bridgehead atoms. The van der Waals surface area contributed by atoms with Crippen molar-refractivity contribution < 1.29 is 19.2 Å². The second-order valence-electron chi connectivity index (χ2n) is 6.68. The predicted octanol–water partition coefficient (Wildman–Crippen LogP) is 5.86. The van der Waals surface area contributed by atoms with E-state index in [9.17, 15) is 14.9 Å². The Kier molecular flexibility index (Phi) is 8.56. The number of hydrazone groups is 1. The van der Waals surface area contributed by atoms with E-state index in [1.807, 2.05) is 6.92 Å². The summed E-state index contributed by atoms with van der Waals surface area (Å²) >= 11 is 6.95. The van der Waals surface area contributed by atoms with Gasteiger partial charge < -0.3 is 9.47 Å². The molecule has 0 fully saturated rings. The summed E-state index contributed by atoms with van der Waals surface area (Å²) in [5, 5.41) is 14.8. The molecular formula is C23H19Br2N3O5. The Bertz CT molecular complexity index is 1140. The second-order valence-corrected chi connectivity index (χ2v) is 8.39. The smallest absolute Gasteiger partial charge is 0.271 e. The van der Waals surface area contributed by atoms with Gasteiger partial charge in [0.25, 0.3) is 11.6 Å². The Labute approximate surface area is 207 Å². The molecule has 0 atom stereocenters. The van der Waals surface area contributed by atoms with Gasteiger partial charge in [-0.2, -0.15) is 5.10 Å². The predicted molar refractivity (Wildman–Crippen MR) is 132 cm³/mol. The standard InChI is InChI=1S/C23H19Br2N3O5/c1-2-32-19-9-5-17(6-10-19)23(29)27-26-13-16-11-20(24)22(21(25)12-16)33-14-15-3-7-18(8-4-15)28(30)31/h3-13H,2,14H2,1H3,(H,27,29)/b26-13+. The van der Waals surface area contributed by atoms with Crippen molar-refractivity contribution >= 4 is 49.7 Å². The molecule has 8 nitrogen and oxygen atoms in total. The van der Waals surface area contributed by atoms with Crippen LogP contribution in [0, 0.1) is 10.1 Å². The topological polar surface area (TPSA) is 103 Å². The number of hydrogen-bond acceptors (Lipinski definition) is 6. The van der Waals surface area contributed by atoms with Crippen LogP contribution in [-0.2, 0) is 6.61 Å². The van der Waals surface area contributed by atoms with Gasteiger partial charge in [-0.1, -0.05) is 0 Å². The largest absolute Gasteiger partial charge is 0.494 e. The van der Waals surface area contributed by atoms with Gasteiger partial charge in [0.2, 0.25) is 0 Å². The first kappa shape index (κ1) is 24.4. The van der Waals surface area contributed by atoms with E-state index >= 15 is 0 Å². The number of carbonyl (C=O) groups excluding carboxylic acids is 1. The SMILES string of the molecule is CCOc1ccc(C(=O)N/N=C/c2cc(Br)c(OCc3ccc([N+](=O)[O-])cc3)c(Br)c2)cc1. The molecule has 1 amide bonds. The van der Waals surface area contributed by atoms with E-state index in [1.165, 1.54) is 18.3 Å². The van der Waals surface area contributed by atoms with Crippen LogP contribution < -0.4 is 14.9 Å². The summed E-state index contributed by atoms with van der Waals surface area (Å²) in [7, 11) is 0. The summed E-state index contributed by atoms with van der Waals surface area (Å²) in [5.74, 6) is 0.933. The van der Waals surface area contributed by atoms with Crippen LogP contribution >= 0.6 is 31.9 Å². The van der Waals surface area contributed by atoms with Gasteiger partial charge in [0, 0.05) is 17.7 Å². The maximum atomic E-state index is 12.2. The molecule has 0 aliphatic rings. The quantitative estimate of drug-likeness (QED) is 0.195. The number of halogens is 2. The highest BCUT2D eigenvalue weighted by molar-refractivity contribution is 9.11. The number of rotatable bonds is 9. The lowest BCUT2D eigenvalue weighted by molar-refractivity contribution is -0.384. The summed E-state index contributed by atoms with van der Waals surface area (Å²) in [6.07, 6.45) is 1.52. The van der Waals surface area contributed by atoms with Crippen LogP contribution in [0.1, 0.15) is 28.4 Å². The summed E-state index contributed by atoms with van der Waals surface area (Å²) in [6.45, 7) is 2.69. The Morgan fingerprint density at radius 2 is 1.70 bits per heavy atom. The number of amides is 1. The van der Waals surface area contributed by atoms with Gasteiger partial charge >= 0.3 is 0 Å². The number of nitrogens with one attached hydrogen (secondary N) is 1. The lowest BCUT2D eigenvalue weighted by Gasteiger charge is -2.11. The fourth-order valence-electron chi connectivity index (χ4n) is 2.76. The van der Waals surface area contributed by atoms with E-state index < -0.39 is 4.92 Å². The number of nitrogens with zero attached hydrogens (tertiary/aromatic N) is 2. The van der Waals surface area contributed by atoms with Crippen molar-refractivity contribution in [2.75, 3.05) is 6.61 Å². The van der Waals surface area contributed by atoms with Gasteiger partial charge in [-0.3, -0.25) is 14.9 Å². The van der Waals surface area contributed by atoms with Crippen LogP contribution in [0.2, 0.25) is 0 Å². The van der Waals surface area contributed by atoms with Crippen molar-refractivity contribution in [1.29, 1.82) is 0 Å². The molecule has 0 saturated carbocycles. The third kappa shape index (κ3) is 6.87. The van der Waals surface area contributed by atoms with Gasteiger partial charge in [-0.05, 0) is 98.4 Å². The zero-order valence-corrected chi connectivity index (χ0v) is 20.6. The fourth-order valence-corrected chi connectivity index (χ4v) is 4.21. The molecule has 0 heterocycles. The van der Waals surface area contributed by atoms with Crippen LogP contribution in [0.15, 0.2) is 74.7 Å². The van der Waals surface area contributed by atoms with Crippen LogP contribution in [0.5, 0.6) is 11.5 Å². The van der Waals surface area contributed by atoms with Crippen molar-refractivity contribution in [2.45, 2.75) is 13.5 Å². The van der Waals surface area contributed by atoms with Gasteiger partial charge in [0.05, 0.1) is 26.7 Å². The molecule has 10 heteroatoms. The molecule has 3 aromatic rings. The minimum absolute atomic E-state index is 0.0272. The van der Waals surface area contributed by atoms with Gasteiger partial charge in [-0.25, -0.2) is 5.43 Å². The lowest BCUT2D eigenvalue weighted by atomic mass is 10.2. The van der Waals surface area contributed by atoms with Crippen LogP contribution in [0.4, 0.5) is 5.69 Å². The zero-order chi connectivity index (χ0) is 23.8. The molecule has 1 N–H and O–H groups in total. The Morgan fingerprint density at radius 1 is 1.06 bits per heavy atom. The monoisotopic (exact) mass is 575 g/mol. The Morgan fingerprint density at radius 3 is 2.27 bits per heavy atom. The molecule has 0 aromatic heterocycles. The molecule has 33 heavy (non-hydrogen) atoms. The van der Waals surface area contributed by atoms with Crippen molar-refractivity contribution in [3.63, 3.8) is 0 Å². The maximum Gasteiger partial charge on any atom is 0.271 e. The summed E-state index contributed by atoms with van der Waals surface area (Å²) in [5.41, 5.74) is 4.50. The van der Waals surface area contributed by atoms with E-state index in [4.69, 9.17) is 9.47 Å². The summed E-state index contributed by atoms with van der Waals surface area (Å²) in [4.78, 5) is 22.5. The molecule has 3 rings (SSSR count). The zero-order valence-electron chi connectivity index (χ0n) is 17.5. The van der Waals surface area contributed by atoms with Gasteiger partial charge in [0.15, 0.2) is 0 Å². The first-order chi connectivity index (χ1) is 15.9. The molecular weight excluding hydrogens is 558 g/mol. The summed E-state index contributed by atoms with van der Waals surface area (Å²) < 4.78 is 12.6. The van der Waals surface area contributed by atoms with Crippen LogP contribution in [0.3, 0.4) is 0 Å². The first-order valence-corrected chi connectivity index (χ1v) is 11.4. The molecule has 0 radical (unpaired) electrons. The first-order valence-electron chi connectivity index (χ1n) is 9.79. The number of nitro groups is 1. The summed E-state index contributed by atoms with van der Waals surface area (Å²) in [6, 6.07) is 16.5. The van der Waals surface area contributed by atoms with Crippen LogP contribution in [0.25, 0.3) is 0 Å². The van der Waals surface area contributed by atoms with Crippen molar-refractivity contribution in [1.82, 2.24) is 5.43 Å². The van der Waals surface area contributed by atoms with E-state index in [0.717, 1.165) is 11.1 Å². The maximum absolute atomic E-state index is 12.2. The average molecular weight is 577 g/mol. The number of carbonyl (C=O) groups is 1. The number of nitro benzene ring substituents is 1. The van der Waals surface area contributed by atoms with E-state index in [2.05, 4.69) is 42.4 Å². The van der Waals surface area contributed by atoms with Crippen molar-refractivity contribution in [2.24, 2.45) is 5.10 Å². The minimum atomic E-state index is -0.446. The molecule has 0 spiro atoms. The highest BCUT2D eigenvalue weighted by Crippen LogP contribution is 2.35. The number of benzene rings is 3. The molecule has 0 aliphatic carbocycles. The fraction of sp³-hybridized carbons (Fsp3) is 0.130. The average Bonchev–Trinajstić information content (AvgIpc) is 2.79. The van der Waals surface area contributed by atoms with Gasteiger partial charge in [-0.15, -0.1) is 0 Å². The molecule has 0 unspecified atom stereocenters. The number of non-ortho nitro benzene ring substituents is 1. The second kappa shape index (κ2) is 11.6. The van der Waals surface area contributed by atoms with E-state index in [-0.39, 0.29) is 18.2 Å². The Balaban J connectivity index is 1.60. The van der Waals surface area contributed by atoms with Crippen molar-refractivity contribution in [3.05, 3.63) is 96.4 Å². The third-order valence-electron chi connectivity index (χ3n) is 4.36. The van der Waals surface area contributed by atoms with Gasteiger partial charge in [0.1, 0.15) is 18.1 Å². The minimum Gasteiger partial charge on any atom is -0.494 e.